The molecule has 6 nitrogen and oxygen atoms in total. The molecule has 0 saturated carbocycles. The molecule has 148 valence electrons. The molecule has 27 heavy (non-hydrogen) atoms. The van der Waals surface area contributed by atoms with Crippen LogP contribution < -0.4 is 10.6 Å². The molecule has 1 aromatic carbocycles. The average molecular weight is 493 g/mol. The number of esters is 1. The van der Waals surface area contributed by atoms with E-state index in [0.717, 1.165) is 18.2 Å². The van der Waals surface area contributed by atoms with Crippen molar-refractivity contribution in [1.29, 1.82) is 0 Å². The number of carbonyl (C=O) groups is 1. The van der Waals surface area contributed by atoms with Gasteiger partial charge >= 0.3 is 5.97 Å². The number of guanidine groups is 1. The third-order valence-corrected chi connectivity index (χ3v) is 3.56. The normalized spacial score (nSPS) is 10.9. The molecule has 0 amide bonds. The van der Waals surface area contributed by atoms with Gasteiger partial charge in [0.25, 0.3) is 0 Å². The van der Waals surface area contributed by atoms with Crippen molar-refractivity contribution < 1.29 is 22.7 Å². The largest absolute Gasteiger partial charge is 0.465 e. The molecule has 0 spiro atoms. The molecule has 1 heterocycles. The molecule has 0 bridgehead atoms. The summed E-state index contributed by atoms with van der Waals surface area (Å²) in [4.78, 5) is 15.8. The molecular formula is C18H22F2IN3O3. The summed E-state index contributed by atoms with van der Waals surface area (Å²) in [6.45, 7) is 4.37. The van der Waals surface area contributed by atoms with Crippen LogP contribution in [0.5, 0.6) is 0 Å². The number of aryl methyl sites for hydroxylation is 1. The van der Waals surface area contributed by atoms with Crippen LogP contribution in [0.1, 0.15) is 34.4 Å². The van der Waals surface area contributed by atoms with Crippen LogP contribution in [0.2, 0.25) is 0 Å². The smallest absolute Gasteiger partial charge is 0.341 e. The van der Waals surface area contributed by atoms with Crippen molar-refractivity contribution in [1.82, 2.24) is 10.6 Å². The van der Waals surface area contributed by atoms with Gasteiger partial charge in [0.2, 0.25) is 0 Å². The molecular weight excluding hydrogens is 471 g/mol. The summed E-state index contributed by atoms with van der Waals surface area (Å²) in [6, 6.07) is 4.83. The highest BCUT2D eigenvalue weighted by Gasteiger charge is 2.15. The fourth-order valence-corrected chi connectivity index (χ4v) is 2.28. The van der Waals surface area contributed by atoms with Gasteiger partial charge in [-0.3, -0.25) is 0 Å². The van der Waals surface area contributed by atoms with E-state index in [2.05, 4.69) is 20.4 Å². The monoisotopic (exact) mass is 493 g/mol. The second-order valence-electron chi connectivity index (χ2n) is 5.46. The van der Waals surface area contributed by atoms with Crippen LogP contribution in [-0.2, 0) is 17.8 Å². The molecule has 2 N–H and O–H groups in total. The van der Waals surface area contributed by atoms with Crippen LogP contribution >= 0.6 is 24.0 Å². The summed E-state index contributed by atoms with van der Waals surface area (Å²) in [6.07, 6.45) is 0. The number of rotatable bonds is 6. The number of hydrogen-bond donors (Lipinski definition) is 2. The summed E-state index contributed by atoms with van der Waals surface area (Å²) < 4.78 is 37.1. The summed E-state index contributed by atoms with van der Waals surface area (Å²) in [5, 5.41) is 6.02. The topological polar surface area (TPSA) is 75.9 Å². The maximum Gasteiger partial charge on any atom is 0.341 e. The number of nitrogens with one attached hydrogen (secondary N) is 2. The van der Waals surface area contributed by atoms with Crippen molar-refractivity contribution in [3.63, 3.8) is 0 Å². The van der Waals surface area contributed by atoms with Crippen molar-refractivity contribution in [3.8, 4) is 0 Å². The van der Waals surface area contributed by atoms with E-state index in [-0.39, 0.29) is 42.6 Å². The van der Waals surface area contributed by atoms with E-state index in [1.165, 1.54) is 7.11 Å². The van der Waals surface area contributed by atoms with Gasteiger partial charge < -0.3 is 19.8 Å². The summed E-state index contributed by atoms with van der Waals surface area (Å²) >= 11 is 0. The van der Waals surface area contributed by atoms with Crippen LogP contribution in [-0.4, -0.2) is 25.6 Å². The number of hydrogen-bond acceptors (Lipinski definition) is 4. The van der Waals surface area contributed by atoms with E-state index in [9.17, 15) is 13.6 Å². The highest BCUT2D eigenvalue weighted by atomic mass is 127. The SMILES string of the molecule is CCNC(=NCc1cc(F)ccc1F)NCc1cc(C(=O)OC)c(C)o1.I. The molecule has 2 aromatic rings. The van der Waals surface area contributed by atoms with Crippen LogP contribution in [0.4, 0.5) is 8.78 Å². The average Bonchev–Trinajstić information content (AvgIpc) is 3.00. The maximum absolute atomic E-state index is 13.7. The van der Waals surface area contributed by atoms with Gasteiger partial charge in [-0.15, -0.1) is 24.0 Å². The Morgan fingerprint density at radius 1 is 1.26 bits per heavy atom. The number of ether oxygens (including phenoxy) is 1. The summed E-state index contributed by atoms with van der Waals surface area (Å²) in [7, 11) is 1.30. The van der Waals surface area contributed by atoms with E-state index >= 15 is 0 Å². The first kappa shape index (κ1) is 22.9. The first-order valence-electron chi connectivity index (χ1n) is 8.08. The van der Waals surface area contributed by atoms with Gasteiger partial charge in [-0.05, 0) is 38.1 Å². The first-order chi connectivity index (χ1) is 12.4. The molecule has 0 atom stereocenters. The Morgan fingerprint density at radius 2 is 2.00 bits per heavy atom. The minimum atomic E-state index is -0.518. The highest BCUT2D eigenvalue weighted by molar-refractivity contribution is 14.0. The molecule has 0 fully saturated rings. The van der Waals surface area contributed by atoms with Crippen molar-refractivity contribution in [2.75, 3.05) is 13.7 Å². The van der Waals surface area contributed by atoms with Crippen molar-refractivity contribution in [3.05, 3.63) is 58.5 Å². The Morgan fingerprint density at radius 3 is 2.67 bits per heavy atom. The number of furan rings is 1. The third-order valence-electron chi connectivity index (χ3n) is 3.56. The third kappa shape index (κ3) is 6.49. The second-order valence-corrected chi connectivity index (χ2v) is 5.46. The standard InChI is InChI=1S/C18H21F2N3O3.HI/c1-4-21-18(22-9-12-7-13(19)5-6-16(12)20)23-10-14-8-15(11(2)26-14)17(24)25-3;/h5-8H,4,9-10H2,1-3H3,(H2,21,22,23);1H. The Labute approximate surface area is 173 Å². The molecule has 0 saturated heterocycles. The van der Waals surface area contributed by atoms with Gasteiger partial charge in [0.1, 0.15) is 28.7 Å². The van der Waals surface area contributed by atoms with Crippen molar-refractivity contribution >= 4 is 35.9 Å². The van der Waals surface area contributed by atoms with Crippen LogP contribution in [0.25, 0.3) is 0 Å². The van der Waals surface area contributed by atoms with Gasteiger partial charge in [0.15, 0.2) is 5.96 Å². The van der Waals surface area contributed by atoms with E-state index in [0.29, 0.717) is 29.6 Å². The molecule has 9 heteroatoms. The zero-order valence-electron chi connectivity index (χ0n) is 15.3. The quantitative estimate of drug-likeness (QED) is 0.279. The minimum absolute atomic E-state index is 0. The predicted molar refractivity (Wildman–Crippen MR) is 108 cm³/mol. The van der Waals surface area contributed by atoms with Gasteiger partial charge in [-0.2, -0.15) is 0 Å². The van der Waals surface area contributed by atoms with Gasteiger partial charge in [-0.1, -0.05) is 0 Å². The zero-order valence-corrected chi connectivity index (χ0v) is 17.6. The first-order valence-corrected chi connectivity index (χ1v) is 8.08. The lowest BCUT2D eigenvalue weighted by Gasteiger charge is -2.10. The Hall–Kier alpha value is -2.17. The number of nitrogens with zero attached hydrogens (tertiary/aromatic N) is 1. The summed E-state index contributed by atoms with van der Waals surface area (Å²) in [5.41, 5.74) is 0.511. The van der Waals surface area contributed by atoms with Gasteiger partial charge in [0.05, 0.1) is 20.2 Å². The van der Waals surface area contributed by atoms with E-state index in [1.54, 1.807) is 13.0 Å². The lowest BCUT2D eigenvalue weighted by atomic mass is 10.2. The van der Waals surface area contributed by atoms with Gasteiger partial charge in [-0.25, -0.2) is 18.6 Å². The summed E-state index contributed by atoms with van der Waals surface area (Å²) in [5.74, 6) is -0.126. The molecule has 0 radical (unpaired) electrons. The number of aliphatic imine (C=N–C) groups is 1. The number of benzene rings is 1. The molecule has 0 aliphatic heterocycles. The van der Waals surface area contributed by atoms with Crippen LogP contribution in [0, 0.1) is 18.6 Å². The Balaban J connectivity index is 0.00000364. The Kier molecular flexibility index (Phi) is 9.19. The Bertz CT molecular complexity index is 809. The lowest BCUT2D eigenvalue weighted by Crippen LogP contribution is -2.36. The molecule has 2 rings (SSSR count). The maximum atomic E-state index is 13.7. The van der Waals surface area contributed by atoms with Crippen LogP contribution in [0.3, 0.4) is 0 Å². The lowest BCUT2D eigenvalue weighted by molar-refractivity contribution is 0.0599. The van der Waals surface area contributed by atoms with Crippen LogP contribution in [0.15, 0.2) is 33.7 Å². The predicted octanol–water partition coefficient (Wildman–Crippen LogP) is 3.53. The number of carbonyl (C=O) groups excluding carboxylic acids is 1. The molecule has 1 aromatic heterocycles. The van der Waals surface area contributed by atoms with E-state index in [4.69, 9.17) is 4.42 Å². The zero-order chi connectivity index (χ0) is 19.1. The fourth-order valence-electron chi connectivity index (χ4n) is 2.28. The molecule has 0 unspecified atom stereocenters. The van der Waals surface area contributed by atoms with Crippen molar-refractivity contribution in [2.24, 2.45) is 4.99 Å². The van der Waals surface area contributed by atoms with E-state index in [1.807, 2.05) is 6.92 Å². The number of halogens is 3. The molecule has 0 aliphatic rings. The molecule has 0 aliphatic carbocycles. The van der Waals surface area contributed by atoms with E-state index < -0.39 is 17.6 Å². The fraction of sp³-hybridized carbons (Fsp3) is 0.333. The van der Waals surface area contributed by atoms with Gasteiger partial charge in [0, 0.05) is 12.1 Å². The second kappa shape index (κ2) is 10.9. The van der Waals surface area contributed by atoms with Crippen molar-refractivity contribution in [2.45, 2.75) is 26.9 Å². The number of methoxy groups -OCH3 is 1. The highest BCUT2D eigenvalue weighted by Crippen LogP contribution is 2.15. The minimum Gasteiger partial charge on any atom is -0.465 e.